The van der Waals surface area contributed by atoms with Crippen molar-refractivity contribution in [3.63, 3.8) is 0 Å². The number of carbonyl (C=O) groups is 2. The average molecular weight is 436 g/mol. The zero-order valence-electron chi connectivity index (χ0n) is 16.4. The fourth-order valence-electron chi connectivity index (χ4n) is 4.26. The minimum Gasteiger partial charge on any atom is -0.503 e. The molecule has 0 aliphatic carbocycles. The van der Waals surface area contributed by atoms with Crippen molar-refractivity contribution in [3.8, 4) is 5.75 Å². The van der Waals surface area contributed by atoms with Gasteiger partial charge in [0.2, 0.25) is 5.43 Å². The smallest absolute Gasteiger partial charge is 0.274 e. The zero-order valence-corrected chi connectivity index (χ0v) is 16.4. The Morgan fingerprint density at radius 1 is 1.26 bits per heavy atom. The molecule has 2 aliphatic heterocycles. The van der Waals surface area contributed by atoms with E-state index in [-0.39, 0.29) is 23.0 Å². The summed E-state index contributed by atoms with van der Waals surface area (Å²) in [6.07, 6.45) is 0.345. The molecular formula is C20H19F3N4O4. The first kappa shape index (κ1) is 20.9. The van der Waals surface area contributed by atoms with Gasteiger partial charge in [0.1, 0.15) is 5.56 Å². The number of hydrogen-bond donors (Lipinski definition) is 3. The number of nitrogens with one attached hydrogen (secondary N) is 1. The van der Waals surface area contributed by atoms with Crippen molar-refractivity contribution in [1.29, 1.82) is 0 Å². The average Bonchev–Trinajstić information content (AvgIpc) is 3.06. The maximum atomic E-state index is 13.9. The Hall–Kier alpha value is -3.34. The van der Waals surface area contributed by atoms with E-state index >= 15 is 0 Å². The van der Waals surface area contributed by atoms with Crippen molar-refractivity contribution in [1.82, 2.24) is 14.8 Å². The van der Waals surface area contributed by atoms with Crippen molar-refractivity contribution in [2.75, 3.05) is 13.1 Å². The van der Waals surface area contributed by atoms with Gasteiger partial charge in [-0.2, -0.15) is 0 Å². The third-order valence-corrected chi connectivity index (χ3v) is 5.75. The zero-order chi connectivity index (χ0) is 22.6. The van der Waals surface area contributed by atoms with Crippen LogP contribution in [0.25, 0.3) is 0 Å². The fourth-order valence-corrected chi connectivity index (χ4v) is 4.26. The molecule has 1 aromatic carbocycles. The Balaban J connectivity index is 1.75. The number of nitrogens with zero attached hydrogens (tertiary/aromatic N) is 2. The van der Waals surface area contributed by atoms with E-state index in [1.54, 1.807) is 6.92 Å². The second-order valence-corrected chi connectivity index (χ2v) is 7.51. The molecule has 2 atom stereocenters. The highest BCUT2D eigenvalue weighted by Gasteiger charge is 2.43. The largest absolute Gasteiger partial charge is 0.503 e. The van der Waals surface area contributed by atoms with Crippen LogP contribution in [0.1, 0.15) is 57.5 Å². The van der Waals surface area contributed by atoms with E-state index in [0.29, 0.717) is 25.6 Å². The van der Waals surface area contributed by atoms with E-state index in [4.69, 9.17) is 5.73 Å². The van der Waals surface area contributed by atoms with E-state index < -0.39 is 58.6 Å². The highest BCUT2D eigenvalue weighted by atomic mass is 19.2. The van der Waals surface area contributed by atoms with Gasteiger partial charge in [-0.1, -0.05) is 6.07 Å². The standard InChI is InChI=1S/C20H19F3N4O4/c1-2-26-7-9-5-11(24)15-12(17(28)18(29)16(20(26)31)27(9)15)19(30)25-6-8-3-4-10(21)14(23)13(8)22/h3-4,9,11,29H,2,5-7,24H2,1H3,(H,25,30)/t9-,11+/m1/s1. The summed E-state index contributed by atoms with van der Waals surface area (Å²) in [5, 5.41) is 12.7. The quantitative estimate of drug-likeness (QED) is 0.625. The first-order valence-electron chi connectivity index (χ1n) is 9.64. The van der Waals surface area contributed by atoms with Gasteiger partial charge in [-0.05, 0) is 19.4 Å². The first-order chi connectivity index (χ1) is 14.7. The maximum absolute atomic E-state index is 13.9. The minimum absolute atomic E-state index is 0.107. The molecule has 31 heavy (non-hydrogen) atoms. The summed E-state index contributed by atoms with van der Waals surface area (Å²) in [4.78, 5) is 39.8. The highest BCUT2D eigenvalue weighted by Crippen LogP contribution is 2.40. The lowest BCUT2D eigenvalue weighted by atomic mass is 10.0. The summed E-state index contributed by atoms with van der Waals surface area (Å²) in [6, 6.07) is 0.607. The second-order valence-electron chi connectivity index (χ2n) is 7.51. The normalized spacial score (nSPS) is 19.5. The summed E-state index contributed by atoms with van der Waals surface area (Å²) in [6.45, 7) is 1.91. The van der Waals surface area contributed by atoms with Crippen LogP contribution >= 0.6 is 0 Å². The molecule has 11 heteroatoms. The van der Waals surface area contributed by atoms with Crippen molar-refractivity contribution in [3.05, 3.63) is 62.3 Å². The summed E-state index contributed by atoms with van der Waals surface area (Å²) >= 11 is 0. The van der Waals surface area contributed by atoms with Crippen LogP contribution in [0.4, 0.5) is 13.2 Å². The molecule has 0 saturated heterocycles. The van der Waals surface area contributed by atoms with E-state index in [9.17, 15) is 32.7 Å². The number of pyridine rings is 1. The lowest BCUT2D eigenvalue weighted by Gasteiger charge is -2.33. The summed E-state index contributed by atoms with van der Waals surface area (Å²) in [5.41, 5.74) is 4.19. The van der Waals surface area contributed by atoms with Gasteiger partial charge in [-0.3, -0.25) is 14.4 Å². The van der Waals surface area contributed by atoms with Gasteiger partial charge < -0.3 is 25.6 Å². The van der Waals surface area contributed by atoms with Gasteiger partial charge in [0.25, 0.3) is 11.8 Å². The monoisotopic (exact) mass is 436 g/mol. The van der Waals surface area contributed by atoms with Gasteiger partial charge in [-0.25, -0.2) is 13.2 Å². The van der Waals surface area contributed by atoms with Crippen LogP contribution < -0.4 is 16.5 Å². The molecule has 0 unspecified atom stereocenters. The number of aromatic nitrogens is 1. The predicted octanol–water partition coefficient (Wildman–Crippen LogP) is 1.32. The second kappa shape index (κ2) is 7.41. The van der Waals surface area contributed by atoms with Crippen molar-refractivity contribution in [2.24, 2.45) is 5.73 Å². The summed E-state index contributed by atoms with van der Waals surface area (Å²) in [5.74, 6) is -6.90. The number of hydrogen-bond acceptors (Lipinski definition) is 5. The summed E-state index contributed by atoms with van der Waals surface area (Å²) in [7, 11) is 0. The Morgan fingerprint density at radius 3 is 2.65 bits per heavy atom. The predicted molar refractivity (Wildman–Crippen MR) is 102 cm³/mol. The van der Waals surface area contributed by atoms with Gasteiger partial charge in [0.15, 0.2) is 28.9 Å². The van der Waals surface area contributed by atoms with Crippen LogP contribution in [0.15, 0.2) is 16.9 Å². The van der Waals surface area contributed by atoms with Gasteiger partial charge in [0, 0.05) is 31.2 Å². The minimum atomic E-state index is -1.68. The molecule has 0 bridgehead atoms. The molecule has 0 fully saturated rings. The number of benzene rings is 1. The summed E-state index contributed by atoms with van der Waals surface area (Å²) < 4.78 is 41.8. The molecule has 1 aromatic heterocycles. The highest BCUT2D eigenvalue weighted by molar-refractivity contribution is 6.00. The van der Waals surface area contributed by atoms with Crippen LogP contribution in [0.3, 0.4) is 0 Å². The van der Waals surface area contributed by atoms with Crippen molar-refractivity contribution in [2.45, 2.75) is 32.0 Å². The lowest BCUT2D eigenvalue weighted by molar-refractivity contribution is 0.0675. The molecule has 0 spiro atoms. The van der Waals surface area contributed by atoms with E-state index in [1.165, 1.54) is 9.47 Å². The molecule has 2 aromatic rings. The number of nitrogens with two attached hydrogens (primary N) is 1. The number of carbonyl (C=O) groups excluding carboxylic acids is 2. The number of likely N-dealkylation sites (N-methyl/N-ethyl adjacent to an activating group) is 1. The molecular weight excluding hydrogens is 417 g/mol. The maximum Gasteiger partial charge on any atom is 0.274 e. The topological polar surface area (TPSA) is 118 Å². The molecule has 2 amide bonds. The van der Waals surface area contributed by atoms with E-state index in [1.807, 2.05) is 0 Å². The van der Waals surface area contributed by atoms with E-state index in [0.717, 1.165) is 6.07 Å². The van der Waals surface area contributed by atoms with Gasteiger partial charge >= 0.3 is 0 Å². The van der Waals surface area contributed by atoms with Crippen LogP contribution in [-0.2, 0) is 6.54 Å². The Morgan fingerprint density at radius 2 is 1.97 bits per heavy atom. The van der Waals surface area contributed by atoms with E-state index in [2.05, 4.69) is 5.32 Å². The number of rotatable bonds is 4. The van der Waals surface area contributed by atoms with Crippen LogP contribution in [0, 0.1) is 17.5 Å². The molecule has 2 aliphatic rings. The van der Waals surface area contributed by atoms with Crippen LogP contribution in [-0.4, -0.2) is 39.5 Å². The molecule has 4 rings (SSSR count). The number of halogens is 3. The molecule has 0 saturated carbocycles. The fraction of sp³-hybridized carbons (Fsp3) is 0.350. The third kappa shape index (κ3) is 3.07. The number of amides is 2. The van der Waals surface area contributed by atoms with Crippen molar-refractivity contribution >= 4 is 11.8 Å². The first-order valence-corrected chi connectivity index (χ1v) is 9.64. The number of aromatic hydroxyl groups is 1. The Labute approximate surface area is 174 Å². The molecule has 3 heterocycles. The third-order valence-electron chi connectivity index (χ3n) is 5.75. The molecule has 4 N–H and O–H groups in total. The molecule has 8 nitrogen and oxygen atoms in total. The molecule has 0 radical (unpaired) electrons. The Bertz CT molecular complexity index is 1180. The van der Waals surface area contributed by atoms with Gasteiger partial charge in [0.05, 0.1) is 11.7 Å². The SMILES string of the molecule is CCN1C[C@H]2C[C@H](N)c3c(C(=O)NCc4ccc(F)c(F)c4F)c(=O)c(O)c(n32)C1=O. The molecule has 164 valence electrons. The van der Waals surface area contributed by atoms with Gasteiger partial charge in [-0.15, -0.1) is 0 Å². The lowest BCUT2D eigenvalue weighted by Crippen LogP contribution is -2.44. The Kier molecular flexibility index (Phi) is 5.00. The van der Waals surface area contributed by atoms with Crippen LogP contribution in [0.5, 0.6) is 5.75 Å². The van der Waals surface area contributed by atoms with Crippen LogP contribution in [0.2, 0.25) is 0 Å². The van der Waals surface area contributed by atoms with Crippen molar-refractivity contribution < 1.29 is 27.9 Å².